The number of aryl methyl sites for hydroxylation is 1. The van der Waals surface area contributed by atoms with E-state index in [-0.39, 0.29) is 36.7 Å². The number of hydrogen-bond acceptors (Lipinski definition) is 8. The normalized spacial score (nSPS) is 20.9. The monoisotopic (exact) mass is 713 g/mol. The van der Waals surface area contributed by atoms with Crippen LogP contribution < -0.4 is 31.3 Å². The van der Waals surface area contributed by atoms with Crippen LogP contribution in [0.3, 0.4) is 0 Å². The smallest absolute Gasteiger partial charge is 0.334 e. The fourth-order valence-electron chi connectivity index (χ4n) is 5.91. The standard InChI is InChI=1S/C39H47N5O8/c1-24(2)20-30-38(51)52-31-13-9-8-12-28(31)39(3,4)21-32(46)42-29(19-16-25-14-17-27(45)18-15-25)36(49)41-22-33(47)40-23-34(48)44-35(37(50)43-30)26-10-6-5-7-11-26/h5-15,17-18,24,29-30,35,45H,16,19-23H2,1-4H3,(H,40,47)(H,41,49)(H,42,46)(H,43,50)(H,44,48)/t29?,30?,35-/m0/s1. The number of rotatable bonds is 6. The topological polar surface area (TPSA) is 192 Å². The predicted octanol–water partition coefficient (Wildman–Crippen LogP) is 2.72. The molecule has 276 valence electrons. The minimum absolute atomic E-state index is 0.0269. The Bertz CT molecular complexity index is 1740. The lowest BCUT2D eigenvalue weighted by atomic mass is 9.80. The Balaban J connectivity index is 1.66. The van der Waals surface area contributed by atoms with Crippen LogP contribution >= 0.6 is 0 Å². The zero-order valence-electron chi connectivity index (χ0n) is 29.9. The van der Waals surface area contributed by atoms with Crippen molar-refractivity contribution in [2.24, 2.45) is 5.92 Å². The Morgan fingerprint density at radius 1 is 0.731 bits per heavy atom. The van der Waals surface area contributed by atoms with Crippen molar-refractivity contribution in [3.05, 3.63) is 95.6 Å². The van der Waals surface area contributed by atoms with E-state index >= 15 is 0 Å². The van der Waals surface area contributed by atoms with E-state index in [4.69, 9.17) is 4.74 Å². The van der Waals surface area contributed by atoms with Gasteiger partial charge in [-0.05, 0) is 54.5 Å². The fourth-order valence-corrected chi connectivity index (χ4v) is 5.91. The summed E-state index contributed by atoms with van der Waals surface area (Å²) in [5.41, 5.74) is 0.927. The van der Waals surface area contributed by atoms with Gasteiger partial charge < -0.3 is 36.4 Å². The highest BCUT2D eigenvalue weighted by Crippen LogP contribution is 2.35. The number of carbonyl (C=O) groups excluding carboxylic acids is 6. The van der Waals surface area contributed by atoms with Gasteiger partial charge in [-0.15, -0.1) is 0 Å². The van der Waals surface area contributed by atoms with Crippen LogP contribution in [0.1, 0.15) is 69.7 Å². The largest absolute Gasteiger partial charge is 0.508 e. The maximum Gasteiger partial charge on any atom is 0.334 e. The molecule has 3 aromatic rings. The molecule has 1 aliphatic rings. The van der Waals surface area contributed by atoms with Crippen LogP contribution in [0, 0.1) is 5.92 Å². The maximum absolute atomic E-state index is 13.8. The molecule has 52 heavy (non-hydrogen) atoms. The fraction of sp³-hybridized carbons (Fsp3) is 0.385. The summed E-state index contributed by atoms with van der Waals surface area (Å²) in [5.74, 6) is -3.53. The number of hydrogen-bond donors (Lipinski definition) is 6. The molecular formula is C39H47N5O8. The highest BCUT2D eigenvalue weighted by atomic mass is 16.5. The molecule has 0 aliphatic carbocycles. The lowest BCUT2D eigenvalue weighted by molar-refractivity contribution is -0.140. The summed E-state index contributed by atoms with van der Waals surface area (Å²) in [6, 6.07) is 18.4. The molecule has 0 saturated heterocycles. The SMILES string of the molecule is CC(C)CC1NC(=O)[C@H](c2ccccc2)NC(=O)CNC(=O)CNC(=O)C(CCc2ccc(O)cc2)NC(=O)CC(C)(C)c2ccccc2OC1=O. The summed E-state index contributed by atoms with van der Waals surface area (Å²) in [7, 11) is 0. The van der Waals surface area contributed by atoms with Gasteiger partial charge in [0.1, 0.15) is 29.6 Å². The van der Waals surface area contributed by atoms with Crippen LogP contribution in [0.5, 0.6) is 11.5 Å². The second kappa shape index (κ2) is 18.0. The van der Waals surface area contributed by atoms with E-state index in [0.29, 0.717) is 17.5 Å². The van der Waals surface area contributed by atoms with Crippen molar-refractivity contribution < 1.29 is 38.6 Å². The second-order valence-electron chi connectivity index (χ2n) is 13.9. The number of fused-ring (bicyclic) bond motifs is 1. The molecule has 1 aliphatic heterocycles. The van der Waals surface area contributed by atoms with Crippen molar-refractivity contribution in [2.45, 2.75) is 76.9 Å². The Kier molecular flexibility index (Phi) is 13.5. The molecule has 6 N–H and O–H groups in total. The summed E-state index contributed by atoms with van der Waals surface area (Å²) < 4.78 is 5.93. The molecule has 0 saturated carbocycles. The van der Waals surface area contributed by atoms with Gasteiger partial charge in [-0.25, -0.2) is 4.79 Å². The van der Waals surface area contributed by atoms with E-state index in [1.54, 1.807) is 66.7 Å². The van der Waals surface area contributed by atoms with Crippen molar-refractivity contribution >= 4 is 35.5 Å². The molecule has 13 heteroatoms. The number of carbonyl (C=O) groups is 6. The van der Waals surface area contributed by atoms with Gasteiger partial charge in [0.05, 0.1) is 13.1 Å². The van der Waals surface area contributed by atoms with E-state index in [1.165, 1.54) is 12.1 Å². The lowest BCUT2D eigenvalue weighted by Crippen LogP contribution is -2.51. The summed E-state index contributed by atoms with van der Waals surface area (Å²) in [5, 5.41) is 22.8. The third kappa shape index (κ3) is 11.4. The summed E-state index contributed by atoms with van der Waals surface area (Å²) in [4.78, 5) is 80.2. The van der Waals surface area contributed by atoms with Gasteiger partial charge in [-0.1, -0.05) is 88.4 Å². The second-order valence-corrected chi connectivity index (χ2v) is 13.9. The Hall–Kier alpha value is -5.72. The first-order valence-corrected chi connectivity index (χ1v) is 17.3. The van der Waals surface area contributed by atoms with Gasteiger partial charge >= 0.3 is 5.97 Å². The zero-order valence-corrected chi connectivity index (χ0v) is 29.9. The Labute approximate surface area is 303 Å². The molecule has 0 spiro atoms. The average molecular weight is 714 g/mol. The molecule has 2 unspecified atom stereocenters. The minimum atomic E-state index is -1.21. The summed E-state index contributed by atoms with van der Waals surface area (Å²) >= 11 is 0. The van der Waals surface area contributed by atoms with E-state index < -0.39 is 72.1 Å². The number of phenols is 1. The first-order valence-electron chi connectivity index (χ1n) is 17.3. The first kappa shape index (κ1) is 39.1. The highest BCUT2D eigenvalue weighted by molar-refractivity contribution is 5.94. The minimum Gasteiger partial charge on any atom is -0.508 e. The van der Waals surface area contributed by atoms with Crippen LogP contribution in [0.2, 0.25) is 0 Å². The molecule has 3 aromatic carbocycles. The summed E-state index contributed by atoms with van der Waals surface area (Å²) in [6.45, 7) is 6.43. The predicted molar refractivity (Wildman–Crippen MR) is 193 cm³/mol. The number of ether oxygens (including phenoxy) is 1. The molecular weight excluding hydrogens is 666 g/mol. The van der Waals surface area contributed by atoms with Crippen LogP contribution in [0.4, 0.5) is 0 Å². The van der Waals surface area contributed by atoms with Gasteiger partial charge in [0.2, 0.25) is 29.5 Å². The third-order valence-corrected chi connectivity index (χ3v) is 8.62. The number of esters is 1. The number of para-hydroxylation sites is 1. The lowest BCUT2D eigenvalue weighted by Gasteiger charge is -2.29. The summed E-state index contributed by atoms with van der Waals surface area (Å²) in [6.07, 6.45) is 0.695. The molecule has 0 aromatic heterocycles. The van der Waals surface area contributed by atoms with Crippen molar-refractivity contribution in [1.29, 1.82) is 0 Å². The highest BCUT2D eigenvalue weighted by Gasteiger charge is 2.33. The van der Waals surface area contributed by atoms with Gasteiger partial charge in [-0.3, -0.25) is 24.0 Å². The molecule has 13 nitrogen and oxygen atoms in total. The number of aromatic hydroxyl groups is 1. The van der Waals surface area contributed by atoms with Gasteiger partial charge in [0, 0.05) is 17.4 Å². The first-order chi connectivity index (χ1) is 24.7. The number of amides is 5. The Morgan fingerprint density at radius 2 is 1.38 bits per heavy atom. The van der Waals surface area contributed by atoms with Crippen molar-refractivity contribution in [3.63, 3.8) is 0 Å². The van der Waals surface area contributed by atoms with E-state index in [1.807, 2.05) is 27.7 Å². The van der Waals surface area contributed by atoms with Crippen LogP contribution in [-0.4, -0.2) is 65.8 Å². The van der Waals surface area contributed by atoms with Crippen LogP contribution in [0.15, 0.2) is 78.9 Å². The van der Waals surface area contributed by atoms with Crippen molar-refractivity contribution in [2.75, 3.05) is 13.1 Å². The molecule has 3 atom stereocenters. The molecule has 0 radical (unpaired) electrons. The van der Waals surface area contributed by atoms with E-state index in [9.17, 15) is 33.9 Å². The van der Waals surface area contributed by atoms with Gasteiger partial charge in [0.15, 0.2) is 0 Å². The van der Waals surface area contributed by atoms with Gasteiger partial charge in [0.25, 0.3) is 0 Å². The quantitative estimate of drug-likeness (QED) is 0.166. The molecule has 4 rings (SSSR count). The van der Waals surface area contributed by atoms with E-state index in [2.05, 4.69) is 26.6 Å². The van der Waals surface area contributed by atoms with Crippen LogP contribution in [0.25, 0.3) is 0 Å². The number of phenolic OH excluding ortho intramolecular Hbond substituents is 1. The number of benzene rings is 3. The van der Waals surface area contributed by atoms with Gasteiger partial charge in [-0.2, -0.15) is 0 Å². The molecule has 0 bridgehead atoms. The van der Waals surface area contributed by atoms with Crippen molar-refractivity contribution in [1.82, 2.24) is 26.6 Å². The Morgan fingerprint density at radius 3 is 2.08 bits per heavy atom. The molecule has 5 amide bonds. The van der Waals surface area contributed by atoms with E-state index in [0.717, 1.165) is 5.56 Å². The molecule has 0 fully saturated rings. The van der Waals surface area contributed by atoms with Crippen LogP contribution in [-0.2, 0) is 40.6 Å². The zero-order chi connectivity index (χ0) is 37.8. The number of nitrogens with one attached hydrogen (secondary N) is 5. The maximum atomic E-state index is 13.8. The molecule has 1 heterocycles. The third-order valence-electron chi connectivity index (χ3n) is 8.62. The average Bonchev–Trinajstić information content (AvgIpc) is 3.10. The van der Waals surface area contributed by atoms with Crippen molar-refractivity contribution in [3.8, 4) is 11.5 Å².